The Labute approximate surface area is 137 Å². The van der Waals surface area contributed by atoms with Crippen LogP contribution in [0.2, 0.25) is 0 Å². The first kappa shape index (κ1) is 15.0. The summed E-state index contributed by atoms with van der Waals surface area (Å²) in [5.74, 6) is -1.25. The summed E-state index contributed by atoms with van der Waals surface area (Å²) in [6.45, 7) is 5.72. The SMILES string of the molecule is Cc1ccc(C2C(=O)Oc3c(C)cc(C)cc3C2=O)c(Br)c1. The van der Waals surface area contributed by atoms with Crippen molar-refractivity contribution >= 4 is 27.7 Å². The molecule has 1 unspecified atom stereocenters. The van der Waals surface area contributed by atoms with Gasteiger partial charge in [0.15, 0.2) is 5.78 Å². The van der Waals surface area contributed by atoms with Crippen molar-refractivity contribution in [3.63, 3.8) is 0 Å². The number of ketones is 1. The molecule has 112 valence electrons. The summed E-state index contributed by atoms with van der Waals surface area (Å²) in [5, 5.41) is 0. The van der Waals surface area contributed by atoms with Gasteiger partial charge in [-0.25, -0.2) is 0 Å². The standard InChI is InChI=1S/C18H15BrO3/c1-9-4-5-12(14(19)8-9)15-16(20)13-7-10(2)6-11(3)17(13)22-18(15)21/h4-8,15H,1-3H3. The Morgan fingerprint density at radius 1 is 1.00 bits per heavy atom. The Balaban J connectivity index is 2.15. The molecular formula is C18H15BrO3. The molecule has 0 bridgehead atoms. The number of halogens is 1. The number of rotatable bonds is 1. The van der Waals surface area contributed by atoms with Crippen LogP contribution in [0.5, 0.6) is 5.75 Å². The Bertz CT molecular complexity index is 808. The lowest BCUT2D eigenvalue weighted by Crippen LogP contribution is -2.32. The van der Waals surface area contributed by atoms with E-state index in [-0.39, 0.29) is 5.78 Å². The van der Waals surface area contributed by atoms with E-state index in [2.05, 4.69) is 15.9 Å². The summed E-state index contributed by atoms with van der Waals surface area (Å²) in [4.78, 5) is 25.2. The molecule has 1 atom stereocenters. The van der Waals surface area contributed by atoms with Crippen molar-refractivity contribution < 1.29 is 14.3 Å². The fourth-order valence-corrected chi connectivity index (χ4v) is 3.55. The molecule has 0 saturated carbocycles. The Kier molecular flexibility index (Phi) is 3.65. The minimum Gasteiger partial charge on any atom is -0.425 e. The third-order valence-corrected chi connectivity index (χ3v) is 4.54. The van der Waals surface area contributed by atoms with Crippen LogP contribution in [0.1, 0.15) is 38.5 Å². The van der Waals surface area contributed by atoms with Crippen molar-refractivity contribution in [3.05, 3.63) is 62.6 Å². The number of hydrogen-bond acceptors (Lipinski definition) is 3. The third kappa shape index (κ3) is 2.37. The van der Waals surface area contributed by atoms with E-state index in [9.17, 15) is 9.59 Å². The number of esters is 1. The predicted molar refractivity (Wildman–Crippen MR) is 87.5 cm³/mol. The predicted octanol–water partition coefficient (Wildman–Crippen LogP) is 4.26. The van der Waals surface area contributed by atoms with E-state index in [1.54, 1.807) is 12.1 Å². The highest BCUT2D eigenvalue weighted by Gasteiger charge is 2.39. The molecule has 2 aromatic carbocycles. The van der Waals surface area contributed by atoms with Gasteiger partial charge in [-0.15, -0.1) is 0 Å². The van der Waals surface area contributed by atoms with Crippen molar-refractivity contribution in [2.45, 2.75) is 26.7 Å². The highest BCUT2D eigenvalue weighted by molar-refractivity contribution is 9.10. The smallest absolute Gasteiger partial charge is 0.326 e. The largest absolute Gasteiger partial charge is 0.425 e. The van der Waals surface area contributed by atoms with Crippen LogP contribution in [-0.4, -0.2) is 11.8 Å². The summed E-state index contributed by atoms with van der Waals surface area (Å²) < 4.78 is 6.21. The van der Waals surface area contributed by atoms with Crippen LogP contribution in [0, 0.1) is 20.8 Å². The van der Waals surface area contributed by atoms with E-state index < -0.39 is 11.9 Å². The van der Waals surface area contributed by atoms with E-state index in [1.807, 2.05) is 39.0 Å². The maximum Gasteiger partial charge on any atom is 0.326 e. The van der Waals surface area contributed by atoms with Gasteiger partial charge in [-0.1, -0.05) is 34.1 Å². The van der Waals surface area contributed by atoms with Crippen LogP contribution in [0.25, 0.3) is 0 Å². The van der Waals surface area contributed by atoms with Gasteiger partial charge in [-0.05, 0) is 55.2 Å². The van der Waals surface area contributed by atoms with Crippen LogP contribution in [0.15, 0.2) is 34.8 Å². The second-order valence-electron chi connectivity index (χ2n) is 5.70. The molecule has 0 fully saturated rings. The molecular weight excluding hydrogens is 344 g/mol. The molecule has 0 amide bonds. The monoisotopic (exact) mass is 358 g/mol. The van der Waals surface area contributed by atoms with Gasteiger partial charge in [0.2, 0.25) is 0 Å². The van der Waals surface area contributed by atoms with Crippen molar-refractivity contribution in [2.75, 3.05) is 0 Å². The first-order chi connectivity index (χ1) is 10.4. The molecule has 3 nitrogen and oxygen atoms in total. The van der Waals surface area contributed by atoms with E-state index in [1.165, 1.54) is 0 Å². The molecule has 0 radical (unpaired) electrons. The van der Waals surface area contributed by atoms with Crippen molar-refractivity contribution in [1.82, 2.24) is 0 Å². The van der Waals surface area contributed by atoms with Crippen LogP contribution in [0.3, 0.4) is 0 Å². The molecule has 0 aromatic heterocycles. The van der Waals surface area contributed by atoms with E-state index in [4.69, 9.17) is 4.74 Å². The zero-order valence-corrected chi connectivity index (χ0v) is 14.2. The van der Waals surface area contributed by atoms with Crippen molar-refractivity contribution in [1.29, 1.82) is 0 Å². The minimum atomic E-state index is -0.913. The van der Waals surface area contributed by atoms with Gasteiger partial charge >= 0.3 is 5.97 Å². The molecule has 0 aliphatic carbocycles. The number of ether oxygens (including phenoxy) is 1. The first-order valence-electron chi connectivity index (χ1n) is 7.01. The third-order valence-electron chi connectivity index (χ3n) is 3.85. The molecule has 3 rings (SSSR count). The molecule has 4 heteroatoms. The minimum absolute atomic E-state index is 0.206. The van der Waals surface area contributed by atoms with Crippen LogP contribution in [-0.2, 0) is 4.79 Å². The van der Waals surface area contributed by atoms with Crippen molar-refractivity contribution in [2.24, 2.45) is 0 Å². The number of benzene rings is 2. The number of aryl methyl sites for hydroxylation is 3. The lowest BCUT2D eigenvalue weighted by molar-refractivity contribution is -0.135. The van der Waals surface area contributed by atoms with Crippen LogP contribution < -0.4 is 4.74 Å². The van der Waals surface area contributed by atoms with Crippen molar-refractivity contribution in [3.8, 4) is 5.75 Å². The second-order valence-corrected chi connectivity index (χ2v) is 6.56. The Morgan fingerprint density at radius 2 is 1.73 bits per heavy atom. The van der Waals surface area contributed by atoms with Gasteiger partial charge in [0, 0.05) is 4.47 Å². The van der Waals surface area contributed by atoms with Gasteiger partial charge in [0.05, 0.1) is 5.56 Å². The maximum absolute atomic E-state index is 12.8. The topological polar surface area (TPSA) is 43.4 Å². The quantitative estimate of drug-likeness (QED) is 0.434. The van der Waals surface area contributed by atoms with Gasteiger partial charge in [-0.3, -0.25) is 9.59 Å². The highest BCUT2D eigenvalue weighted by atomic mass is 79.9. The van der Waals surface area contributed by atoms with Crippen LogP contribution in [0.4, 0.5) is 0 Å². The van der Waals surface area contributed by atoms with E-state index in [0.717, 1.165) is 21.2 Å². The van der Waals surface area contributed by atoms with Gasteiger partial charge in [-0.2, -0.15) is 0 Å². The second kappa shape index (κ2) is 5.36. The zero-order chi connectivity index (χ0) is 16.0. The summed E-state index contributed by atoms with van der Waals surface area (Å²) in [5.41, 5.74) is 3.96. The van der Waals surface area contributed by atoms with Gasteiger partial charge in [0.25, 0.3) is 0 Å². The Hall–Kier alpha value is -1.94. The normalized spacial score (nSPS) is 17.2. The molecule has 2 aromatic rings. The summed E-state index contributed by atoms with van der Waals surface area (Å²) in [6.07, 6.45) is 0. The number of hydrogen-bond donors (Lipinski definition) is 0. The van der Waals surface area contributed by atoms with Gasteiger partial charge < -0.3 is 4.74 Å². The zero-order valence-electron chi connectivity index (χ0n) is 12.6. The van der Waals surface area contributed by atoms with E-state index >= 15 is 0 Å². The average molecular weight is 359 g/mol. The van der Waals surface area contributed by atoms with Crippen LogP contribution >= 0.6 is 15.9 Å². The molecule has 22 heavy (non-hydrogen) atoms. The summed E-state index contributed by atoms with van der Waals surface area (Å²) in [7, 11) is 0. The van der Waals surface area contributed by atoms with E-state index in [0.29, 0.717) is 16.9 Å². The lowest BCUT2D eigenvalue weighted by atomic mass is 9.86. The fraction of sp³-hybridized carbons (Fsp3) is 0.222. The lowest BCUT2D eigenvalue weighted by Gasteiger charge is -2.25. The summed E-state index contributed by atoms with van der Waals surface area (Å²) >= 11 is 3.45. The first-order valence-corrected chi connectivity index (χ1v) is 7.81. The molecule has 0 N–H and O–H groups in total. The Morgan fingerprint density at radius 3 is 2.41 bits per heavy atom. The number of carbonyl (C=O) groups excluding carboxylic acids is 2. The molecule has 1 aliphatic heterocycles. The molecule has 1 aliphatic rings. The molecule has 0 spiro atoms. The molecule has 0 saturated heterocycles. The summed E-state index contributed by atoms with van der Waals surface area (Å²) in [6, 6.07) is 9.27. The average Bonchev–Trinajstić information content (AvgIpc) is 2.42. The maximum atomic E-state index is 12.8. The fourth-order valence-electron chi connectivity index (χ4n) is 2.83. The number of Topliss-reactive ketones (excluding diaryl/α,β-unsaturated/α-hetero) is 1. The highest BCUT2D eigenvalue weighted by Crippen LogP contribution is 2.38. The number of carbonyl (C=O) groups is 2. The van der Waals surface area contributed by atoms with Gasteiger partial charge in [0.1, 0.15) is 11.7 Å². The molecule has 1 heterocycles. The number of fused-ring (bicyclic) bond motifs is 1.